The fourth-order valence-corrected chi connectivity index (χ4v) is 1.93. The van der Waals surface area contributed by atoms with E-state index >= 15 is 0 Å². The van der Waals surface area contributed by atoms with Gasteiger partial charge >= 0.3 is 5.97 Å². The summed E-state index contributed by atoms with van der Waals surface area (Å²) in [6, 6.07) is 6.73. The Morgan fingerprint density at radius 1 is 1.50 bits per heavy atom. The number of thioether (sulfide) groups is 1. The molecule has 1 N–H and O–H groups in total. The molecule has 0 bridgehead atoms. The number of nitrogens with zero attached hydrogens (tertiary/aromatic N) is 2. The smallest absolute Gasteiger partial charge is 0.335 e. The SMILES string of the molecule is O=C(O)c1cccc(SCc2ncon2)c1. The molecule has 1 heterocycles. The van der Waals surface area contributed by atoms with E-state index in [0.29, 0.717) is 11.6 Å². The maximum absolute atomic E-state index is 10.7. The van der Waals surface area contributed by atoms with Gasteiger partial charge in [0.2, 0.25) is 6.39 Å². The average Bonchev–Trinajstić information content (AvgIpc) is 2.79. The van der Waals surface area contributed by atoms with Crippen LogP contribution in [0.2, 0.25) is 0 Å². The van der Waals surface area contributed by atoms with Crippen molar-refractivity contribution in [3.05, 3.63) is 42.0 Å². The number of benzene rings is 1. The predicted molar refractivity (Wildman–Crippen MR) is 57.3 cm³/mol. The Kier molecular flexibility index (Phi) is 3.21. The highest BCUT2D eigenvalue weighted by Gasteiger charge is 2.05. The molecule has 16 heavy (non-hydrogen) atoms. The minimum absolute atomic E-state index is 0.276. The van der Waals surface area contributed by atoms with E-state index in [0.717, 1.165) is 4.90 Å². The quantitative estimate of drug-likeness (QED) is 0.819. The summed E-state index contributed by atoms with van der Waals surface area (Å²) in [5.41, 5.74) is 0.276. The van der Waals surface area contributed by atoms with Crippen molar-refractivity contribution in [3.8, 4) is 0 Å². The van der Waals surface area contributed by atoms with Gasteiger partial charge in [-0.25, -0.2) is 4.79 Å². The topological polar surface area (TPSA) is 76.2 Å². The zero-order valence-electron chi connectivity index (χ0n) is 8.16. The normalized spacial score (nSPS) is 10.2. The van der Waals surface area contributed by atoms with E-state index in [9.17, 15) is 4.79 Å². The first kappa shape index (κ1) is 10.7. The molecule has 0 radical (unpaired) electrons. The molecule has 0 saturated heterocycles. The molecular formula is C10H8N2O3S. The second-order valence-corrected chi connectivity index (χ2v) is 4.02. The van der Waals surface area contributed by atoms with E-state index in [4.69, 9.17) is 5.11 Å². The standard InChI is InChI=1S/C10H8N2O3S/c13-10(14)7-2-1-3-8(4-7)16-5-9-11-6-15-12-9/h1-4,6H,5H2,(H,13,14). The van der Waals surface area contributed by atoms with E-state index in [1.165, 1.54) is 18.2 Å². The van der Waals surface area contributed by atoms with Gasteiger partial charge in [0.05, 0.1) is 11.3 Å². The van der Waals surface area contributed by atoms with Crippen LogP contribution in [0.15, 0.2) is 40.1 Å². The Hall–Kier alpha value is -1.82. The monoisotopic (exact) mass is 236 g/mol. The molecule has 1 aromatic carbocycles. The van der Waals surface area contributed by atoms with Gasteiger partial charge in [-0.3, -0.25) is 0 Å². The number of aromatic carboxylic acids is 1. The van der Waals surface area contributed by atoms with Crippen molar-refractivity contribution >= 4 is 17.7 Å². The molecule has 0 amide bonds. The van der Waals surface area contributed by atoms with Gasteiger partial charge in [-0.2, -0.15) is 4.98 Å². The third-order valence-electron chi connectivity index (χ3n) is 1.86. The highest BCUT2D eigenvalue weighted by Crippen LogP contribution is 2.22. The number of hydrogen-bond acceptors (Lipinski definition) is 5. The van der Waals surface area contributed by atoms with Crippen molar-refractivity contribution in [2.75, 3.05) is 0 Å². The van der Waals surface area contributed by atoms with Gasteiger partial charge in [0.15, 0.2) is 5.82 Å². The zero-order chi connectivity index (χ0) is 11.4. The van der Waals surface area contributed by atoms with E-state index < -0.39 is 5.97 Å². The summed E-state index contributed by atoms with van der Waals surface area (Å²) >= 11 is 1.46. The molecule has 1 aromatic heterocycles. The van der Waals surface area contributed by atoms with Crippen LogP contribution in [0.1, 0.15) is 16.2 Å². The lowest BCUT2D eigenvalue weighted by molar-refractivity contribution is 0.0696. The van der Waals surface area contributed by atoms with E-state index in [1.807, 2.05) is 6.07 Å². The van der Waals surface area contributed by atoms with Gasteiger partial charge in [-0.15, -0.1) is 11.8 Å². The van der Waals surface area contributed by atoms with Crippen molar-refractivity contribution in [2.45, 2.75) is 10.6 Å². The van der Waals surface area contributed by atoms with Crippen LogP contribution in [0.5, 0.6) is 0 Å². The second-order valence-electron chi connectivity index (χ2n) is 2.97. The van der Waals surface area contributed by atoms with Crippen molar-refractivity contribution in [1.82, 2.24) is 10.1 Å². The number of hydrogen-bond donors (Lipinski definition) is 1. The first-order valence-corrected chi connectivity index (χ1v) is 5.45. The first-order valence-electron chi connectivity index (χ1n) is 4.47. The lowest BCUT2D eigenvalue weighted by Gasteiger charge is -1.99. The summed E-state index contributed by atoms with van der Waals surface area (Å²) in [5, 5.41) is 12.5. The van der Waals surface area contributed by atoms with Gasteiger partial charge in [0.25, 0.3) is 0 Å². The van der Waals surface area contributed by atoms with Crippen LogP contribution in [0.3, 0.4) is 0 Å². The van der Waals surface area contributed by atoms with Gasteiger partial charge in [-0.05, 0) is 18.2 Å². The van der Waals surface area contributed by atoms with Crippen molar-refractivity contribution in [1.29, 1.82) is 0 Å². The van der Waals surface area contributed by atoms with Crippen molar-refractivity contribution < 1.29 is 14.4 Å². The average molecular weight is 236 g/mol. The summed E-state index contributed by atoms with van der Waals surface area (Å²) in [4.78, 5) is 15.5. The molecule has 82 valence electrons. The molecule has 0 spiro atoms. The fourth-order valence-electron chi connectivity index (χ4n) is 1.12. The molecule has 2 aromatic rings. The molecule has 0 saturated carbocycles. The predicted octanol–water partition coefficient (Wildman–Crippen LogP) is 2.06. The van der Waals surface area contributed by atoms with E-state index in [1.54, 1.807) is 18.2 Å². The van der Waals surface area contributed by atoms with Crippen LogP contribution >= 0.6 is 11.8 Å². The number of carboxylic acid groups (broad SMARTS) is 1. The molecule has 0 atom stereocenters. The lowest BCUT2D eigenvalue weighted by Crippen LogP contribution is -1.95. The van der Waals surface area contributed by atoms with E-state index in [2.05, 4.69) is 14.7 Å². The fraction of sp³-hybridized carbons (Fsp3) is 0.100. The molecule has 0 fully saturated rings. The Balaban J connectivity index is 2.04. The van der Waals surface area contributed by atoms with E-state index in [-0.39, 0.29) is 5.56 Å². The Morgan fingerprint density at radius 2 is 2.38 bits per heavy atom. The van der Waals surface area contributed by atoms with Crippen LogP contribution in [0.25, 0.3) is 0 Å². The molecule has 0 aliphatic carbocycles. The number of carbonyl (C=O) groups is 1. The van der Waals surface area contributed by atoms with Crippen LogP contribution in [0, 0.1) is 0 Å². The molecular weight excluding hydrogens is 228 g/mol. The van der Waals surface area contributed by atoms with Crippen LogP contribution in [-0.2, 0) is 5.75 Å². The molecule has 6 heteroatoms. The van der Waals surface area contributed by atoms with Crippen LogP contribution in [0.4, 0.5) is 0 Å². The third kappa shape index (κ3) is 2.60. The van der Waals surface area contributed by atoms with Gasteiger partial charge in [-0.1, -0.05) is 11.2 Å². The summed E-state index contributed by atoms with van der Waals surface area (Å²) in [7, 11) is 0. The molecule has 0 aliphatic heterocycles. The zero-order valence-corrected chi connectivity index (χ0v) is 8.98. The first-order chi connectivity index (χ1) is 7.75. The molecule has 2 rings (SSSR count). The number of aromatic nitrogens is 2. The minimum Gasteiger partial charge on any atom is -0.478 e. The van der Waals surface area contributed by atoms with Crippen molar-refractivity contribution in [2.24, 2.45) is 0 Å². The van der Waals surface area contributed by atoms with Crippen molar-refractivity contribution in [3.63, 3.8) is 0 Å². The van der Waals surface area contributed by atoms with Crippen LogP contribution < -0.4 is 0 Å². The highest BCUT2D eigenvalue weighted by molar-refractivity contribution is 7.98. The summed E-state index contributed by atoms with van der Waals surface area (Å²) < 4.78 is 4.60. The maximum atomic E-state index is 10.7. The third-order valence-corrected chi connectivity index (χ3v) is 2.85. The Bertz CT molecular complexity index is 485. The lowest BCUT2D eigenvalue weighted by atomic mass is 10.2. The second kappa shape index (κ2) is 4.80. The number of carboxylic acids is 1. The largest absolute Gasteiger partial charge is 0.478 e. The minimum atomic E-state index is -0.929. The number of rotatable bonds is 4. The highest BCUT2D eigenvalue weighted by atomic mass is 32.2. The Labute approximate surface area is 95.5 Å². The van der Waals surface area contributed by atoms with Gasteiger partial charge in [0.1, 0.15) is 0 Å². The Morgan fingerprint density at radius 3 is 3.06 bits per heavy atom. The molecule has 0 aliphatic rings. The van der Waals surface area contributed by atoms with Crippen LogP contribution in [-0.4, -0.2) is 21.2 Å². The summed E-state index contributed by atoms with van der Waals surface area (Å²) in [5.74, 6) is 0.215. The maximum Gasteiger partial charge on any atom is 0.335 e. The summed E-state index contributed by atoms with van der Waals surface area (Å²) in [6.45, 7) is 0. The molecule has 5 nitrogen and oxygen atoms in total. The molecule has 0 unspecified atom stereocenters. The van der Waals surface area contributed by atoms with Gasteiger partial charge < -0.3 is 9.63 Å². The van der Waals surface area contributed by atoms with Gasteiger partial charge in [0, 0.05) is 4.90 Å². The summed E-state index contributed by atoms with van der Waals surface area (Å²) in [6.07, 6.45) is 1.27.